The minimum Gasteiger partial charge on any atom is -0.406 e. The summed E-state index contributed by atoms with van der Waals surface area (Å²) in [4.78, 5) is 0. The Kier molecular flexibility index (Phi) is 4.37. The number of ether oxygens (including phenoxy) is 1. The van der Waals surface area contributed by atoms with Gasteiger partial charge >= 0.3 is 6.36 Å². The van der Waals surface area contributed by atoms with Crippen molar-refractivity contribution in [3.63, 3.8) is 0 Å². The average Bonchev–Trinajstić information content (AvgIpc) is 2.19. The zero-order chi connectivity index (χ0) is 12.0. The first-order valence-electron chi connectivity index (χ1n) is 4.68. The first kappa shape index (κ1) is 12.6. The van der Waals surface area contributed by atoms with Crippen LogP contribution in [0.5, 0.6) is 5.75 Å². The number of rotatable bonds is 4. The number of benzene rings is 1. The Labute approximate surface area is 91.7 Å². The van der Waals surface area contributed by atoms with Gasteiger partial charge in [-0.25, -0.2) is 0 Å². The fourth-order valence-electron chi connectivity index (χ4n) is 1.09. The summed E-state index contributed by atoms with van der Waals surface area (Å²) in [5, 5.41) is 2.92. The average molecular weight is 231 g/mol. The van der Waals surface area contributed by atoms with Gasteiger partial charge in [-0.2, -0.15) is 0 Å². The second-order valence-corrected chi connectivity index (χ2v) is 3.08. The molecule has 5 heteroatoms. The number of alkyl halides is 3. The summed E-state index contributed by atoms with van der Waals surface area (Å²) < 4.78 is 39.3. The Hall–Kier alpha value is -1.49. The van der Waals surface area contributed by atoms with Gasteiger partial charge in [0.15, 0.2) is 0 Å². The molecule has 1 rings (SSSR count). The standard InChI is InChI=1S/C11H12F3NO/c1-15-8-2-3-9-4-6-10(7-5-9)16-11(12,13)14/h2-7,15H,8H2,1H3/b3-2+. The van der Waals surface area contributed by atoms with Crippen LogP contribution in [0.15, 0.2) is 30.3 Å². The van der Waals surface area contributed by atoms with E-state index in [1.54, 1.807) is 12.1 Å². The lowest BCUT2D eigenvalue weighted by Gasteiger charge is -2.08. The van der Waals surface area contributed by atoms with Gasteiger partial charge in [0.25, 0.3) is 0 Å². The van der Waals surface area contributed by atoms with Gasteiger partial charge < -0.3 is 10.1 Å². The molecule has 2 nitrogen and oxygen atoms in total. The van der Waals surface area contributed by atoms with Gasteiger partial charge in [-0.15, -0.1) is 13.2 Å². The van der Waals surface area contributed by atoms with E-state index in [4.69, 9.17) is 0 Å². The third-order valence-electron chi connectivity index (χ3n) is 1.75. The van der Waals surface area contributed by atoms with Crippen LogP contribution >= 0.6 is 0 Å². The monoisotopic (exact) mass is 231 g/mol. The summed E-state index contributed by atoms with van der Waals surface area (Å²) in [5.74, 6) is -0.210. The number of likely N-dealkylation sites (N-methyl/N-ethyl adjacent to an activating group) is 1. The maximum atomic E-state index is 11.8. The molecule has 0 radical (unpaired) electrons. The van der Waals surface area contributed by atoms with E-state index in [1.165, 1.54) is 12.1 Å². The normalized spacial score (nSPS) is 12.0. The maximum Gasteiger partial charge on any atom is 0.573 e. The van der Waals surface area contributed by atoms with Crippen molar-refractivity contribution in [2.24, 2.45) is 0 Å². The summed E-state index contributed by atoms with van der Waals surface area (Å²) in [5.41, 5.74) is 0.824. The number of nitrogens with one attached hydrogen (secondary N) is 1. The minimum atomic E-state index is -4.64. The van der Waals surface area contributed by atoms with Crippen LogP contribution in [0.1, 0.15) is 5.56 Å². The van der Waals surface area contributed by atoms with Crippen LogP contribution in [0.4, 0.5) is 13.2 Å². The van der Waals surface area contributed by atoms with Crippen LogP contribution in [0.25, 0.3) is 6.08 Å². The van der Waals surface area contributed by atoms with Crippen LogP contribution < -0.4 is 10.1 Å². The van der Waals surface area contributed by atoms with Gasteiger partial charge in [-0.3, -0.25) is 0 Å². The van der Waals surface area contributed by atoms with Gasteiger partial charge in [0, 0.05) is 6.54 Å². The fourth-order valence-corrected chi connectivity index (χ4v) is 1.09. The van der Waals surface area contributed by atoms with Crippen molar-refractivity contribution < 1.29 is 17.9 Å². The molecule has 0 amide bonds. The van der Waals surface area contributed by atoms with Crippen molar-refractivity contribution in [2.45, 2.75) is 6.36 Å². The third kappa shape index (κ3) is 4.84. The van der Waals surface area contributed by atoms with E-state index < -0.39 is 6.36 Å². The highest BCUT2D eigenvalue weighted by Gasteiger charge is 2.30. The molecule has 88 valence electrons. The third-order valence-corrected chi connectivity index (χ3v) is 1.75. The van der Waals surface area contributed by atoms with Crippen LogP contribution in [0.2, 0.25) is 0 Å². The molecule has 0 saturated heterocycles. The molecule has 0 saturated carbocycles. The van der Waals surface area contributed by atoms with Crippen LogP contribution in [-0.4, -0.2) is 20.0 Å². The quantitative estimate of drug-likeness (QED) is 0.860. The lowest BCUT2D eigenvalue weighted by molar-refractivity contribution is -0.274. The highest BCUT2D eigenvalue weighted by atomic mass is 19.4. The summed E-state index contributed by atoms with van der Waals surface area (Å²) in [6.07, 6.45) is -0.947. The topological polar surface area (TPSA) is 21.3 Å². The zero-order valence-electron chi connectivity index (χ0n) is 8.71. The van der Waals surface area contributed by atoms with Crippen molar-refractivity contribution >= 4 is 6.08 Å². The van der Waals surface area contributed by atoms with Crippen LogP contribution in [0, 0.1) is 0 Å². The van der Waals surface area contributed by atoms with Gasteiger partial charge in [-0.1, -0.05) is 24.3 Å². The van der Waals surface area contributed by atoms with E-state index in [1.807, 2.05) is 19.2 Å². The summed E-state index contributed by atoms with van der Waals surface area (Å²) in [6, 6.07) is 5.69. The van der Waals surface area contributed by atoms with Crippen molar-refractivity contribution in [2.75, 3.05) is 13.6 Å². The fraction of sp³-hybridized carbons (Fsp3) is 0.273. The smallest absolute Gasteiger partial charge is 0.406 e. The largest absolute Gasteiger partial charge is 0.573 e. The molecule has 16 heavy (non-hydrogen) atoms. The maximum absolute atomic E-state index is 11.8. The van der Waals surface area contributed by atoms with Crippen LogP contribution in [-0.2, 0) is 0 Å². The van der Waals surface area contributed by atoms with Gasteiger partial charge in [0.2, 0.25) is 0 Å². The number of hydrogen-bond acceptors (Lipinski definition) is 2. The Bertz CT molecular complexity index is 343. The molecule has 1 aromatic rings. The Morgan fingerprint density at radius 3 is 2.38 bits per heavy atom. The molecule has 0 fully saturated rings. The van der Waals surface area contributed by atoms with Gasteiger partial charge in [-0.05, 0) is 24.7 Å². The molecule has 0 aliphatic rings. The molecule has 0 aliphatic carbocycles. The lowest BCUT2D eigenvalue weighted by atomic mass is 10.2. The lowest BCUT2D eigenvalue weighted by Crippen LogP contribution is -2.16. The first-order valence-corrected chi connectivity index (χ1v) is 4.68. The zero-order valence-corrected chi connectivity index (χ0v) is 8.71. The van der Waals surface area contributed by atoms with Crippen molar-refractivity contribution in [3.8, 4) is 5.75 Å². The predicted octanol–water partition coefficient (Wildman–Crippen LogP) is 2.82. The Morgan fingerprint density at radius 2 is 1.88 bits per heavy atom. The second kappa shape index (κ2) is 5.55. The SMILES string of the molecule is CNC/C=C/c1ccc(OC(F)(F)F)cc1. The minimum absolute atomic E-state index is 0.210. The van der Waals surface area contributed by atoms with Crippen molar-refractivity contribution in [3.05, 3.63) is 35.9 Å². The van der Waals surface area contributed by atoms with E-state index >= 15 is 0 Å². The molecule has 0 atom stereocenters. The Balaban J connectivity index is 2.61. The van der Waals surface area contributed by atoms with Gasteiger partial charge in [0.1, 0.15) is 5.75 Å². The van der Waals surface area contributed by atoms with Crippen molar-refractivity contribution in [1.82, 2.24) is 5.32 Å². The molecule has 0 unspecified atom stereocenters. The van der Waals surface area contributed by atoms with Crippen LogP contribution in [0.3, 0.4) is 0 Å². The highest BCUT2D eigenvalue weighted by Crippen LogP contribution is 2.22. The second-order valence-electron chi connectivity index (χ2n) is 3.08. The summed E-state index contributed by atoms with van der Waals surface area (Å²) in [7, 11) is 1.81. The van der Waals surface area contributed by atoms with E-state index in [0.29, 0.717) is 6.54 Å². The van der Waals surface area contributed by atoms with Crippen molar-refractivity contribution in [1.29, 1.82) is 0 Å². The molecule has 0 aromatic heterocycles. The van der Waals surface area contributed by atoms with E-state index in [9.17, 15) is 13.2 Å². The van der Waals surface area contributed by atoms with E-state index in [-0.39, 0.29) is 5.75 Å². The molecule has 0 spiro atoms. The highest BCUT2D eigenvalue weighted by molar-refractivity contribution is 5.50. The number of hydrogen-bond donors (Lipinski definition) is 1. The molecular weight excluding hydrogens is 219 g/mol. The summed E-state index contributed by atoms with van der Waals surface area (Å²) in [6.45, 7) is 0.709. The van der Waals surface area contributed by atoms with Gasteiger partial charge in [0.05, 0.1) is 0 Å². The Morgan fingerprint density at radius 1 is 1.25 bits per heavy atom. The first-order chi connectivity index (χ1) is 7.51. The molecular formula is C11H12F3NO. The predicted molar refractivity (Wildman–Crippen MR) is 56.1 cm³/mol. The number of halogens is 3. The molecule has 0 aliphatic heterocycles. The van der Waals surface area contributed by atoms with E-state index in [0.717, 1.165) is 5.56 Å². The molecule has 0 bridgehead atoms. The molecule has 1 N–H and O–H groups in total. The molecule has 0 heterocycles. The molecule has 1 aromatic carbocycles. The van der Waals surface area contributed by atoms with E-state index in [2.05, 4.69) is 10.1 Å². The summed E-state index contributed by atoms with van der Waals surface area (Å²) >= 11 is 0.